The standard InChI is InChI=1S/C21H28N2O4/c1-5-23(15-16-10-11-19(26-3)20(14-16)27-4)21(24)22-13-12-17-8-6-7-9-18(17)25-2/h6-11,14H,5,12-13,15H2,1-4H3,(H,22,24). The Morgan fingerprint density at radius 3 is 2.33 bits per heavy atom. The normalized spacial score (nSPS) is 10.2. The van der Waals surface area contributed by atoms with E-state index in [9.17, 15) is 4.79 Å². The second-order valence-corrected chi connectivity index (χ2v) is 6.00. The lowest BCUT2D eigenvalue weighted by molar-refractivity contribution is 0.198. The summed E-state index contributed by atoms with van der Waals surface area (Å²) in [6, 6.07) is 13.4. The number of carbonyl (C=O) groups excluding carboxylic acids is 1. The van der Waals surface area contributed by atoms with Gasteiger partial charge in [-0.1, -0.05) is 24.3 Å². The minimum atomic E-state index is -0.0952. The fourth-order valence-electron chi connectivity index (χ4n) is 2.85. The number of rotatable bonds is 9. The number of methoxy groups -OCH3 is 3. The molecular formula is C21H28N2O4. The van der Waals surface area contributed by atoms with Crippen molar-refractivity contribution >= 4 is 6.03 Å². The van der Waals surface area contributed by atoms with Crippen molar-refractivity contribution in [2.75, 3.05) is 34.4 Å². The topological polar surface area (TPSA) is 60.0 Å². The smallest absolute Gasteiger partial charge is 0.317 e. The van der Waals surface area contributed by atoms with Crippen LogP contribution in [0, 0.1) is 0 Å². The van der Waals surface area contributed by atoms with Crippen LogP contribution in [0.3, 0.4) is 0 Å². The fraction of sp³-hybridized carbons (Fsp3) is 0.381. The lowest BCUT2D eigenvalue weighted by atomic mass is 10.1. The maximum Gasteiger partial charge on any atom is 0.317 e. The summed E-state index contributed by atoms with van der Waals surface area (Å²) in [6.07, 6.45) is 0.712. The quantitative estimate of drug-likeness (QED) is 0.732. The van der Waals surface area contributed by atoms with E-state index in [0.29, 0.717) is 37.6 Å². The van der Waals surface area contributed by atoms with E-state index in [0.717, 1.165) is 16.9 Å². The predicted octanol–water partition coefficient (Wildman–Crippen LogP) is 3.49. The Morgan fingerprint density at radius 2 is 1.67 bits per heavy atom. The summed E-state index contributed by atoms with van der Waals surface area (Å²) < 4.78 is 15.9. The summed E-state index contributed by atoms with van der Waals surface area (Å²) >= 11 is 0. The number of hydrogen-bond donors (Lipinski definition) is 1. The zero-order valence-electron chi connectivity index (χ0n) is 16.5. The average Bonchev–Trinajstić information content (AvgIpc) is 2.71. The van der Waals surface area contributed by atoms with E-state index >= 15 is 0 Å². The van der Waals surface area contributed by atoms with Crippen LogP contribution in [0.4, 0.5) is 4.79 Å². The van der Waals surface area contributed by atoms with Crippen molar-refractivity contribution in [2.24, 2.45) is 0 Å². The van der Waals surface area contributed by atoms with Gasteiger partial charge in [0.1, 0.15) is 5.75 Å². The highest BCUT2D eigenvalue weighted by molar-refractivity contribution is 5.74. The molecule has 0 radical (unpaired) electrons. The van der Waals surface area contributed by atoms with Crippen LogP contribution in [0.5, 0.6) is 17.2 Å². The predicted molar refractivity (Wildman–Crippen MR) is 106 cm³/mol. The van der Waals surface area contributed by atoms with Gasteiger partial charge in [0.05, 0.1) is 21.3 Å². The molecule has 0 unspecified atom stereocenters. The zero-order valence-corrected chi connectivity index (χ0v) is 16.5. The summed E-state index contributed by atoms with van der Waals surface area (Å²) in [7, 11) is 4.86. The van der Waals surface area contributed by atoms with Crippen molar-refractivity contribution in [3.8, 4) is 17.2 Å². The van der Waals surface area contributed by atoms with E-state index < -0.39 is 0 Å². The van der Waals surface area contributed by atoms with Gasteiger partial charge in [0.25, 0.3) is 0 Å². The highest BCUT2D eigenvalue weighted by atomic mass is 16.5. The molecule has 0 aliphatic rings. The molecule has 0 bridgehead atoms. The SMILES string of the molecule is CCN(Cc1ccc(OC)c(OC)c1)C(=O)NCCc1ccccc1OC. The highest BCUT2D eigenvalue weighted by Crippen LogP contribution is 2.28. The lowest BCUT2D eigenvalue weighted by Gasteiger charge is -2.22. The molecule has 0 spiro atoms. The number of carbonyl (C=O) groups is 1. The highest BCUT2D eigenvalue weighted by Gasteiger charge is 2.13. The first-order chi connectivity index (χ1) is 13.1. The van der Waals surface area contributed by atoms with Crippen molar-refractivity contribution in [3.05, 3.63) is 53.6 Å². The molecule has 0 fully saturated rings. The Balaban J connectivity index is 1.93. The zero-order chi connectivity index (χ0) is 19.6. The third kappa shape index (κ3) is 5.54. The van der Waals surface area contributed by atoms with Crippen LogP contribution in [0.15, 0.2) is 42.5 Å². The number of nitrogens with zero attached hydrogens (tertiary/aromatic N) is 1. The molecule has 6 heteroatoms. The van der Waals surface area contributed by atoms with E-state index in [1.807, 2.05) is 49.4 Å². The lowest BCUT2D eigenvalue weighted by Crippen LogP contribution is -2.40. The number of ether oxygens (including phenoxy) is 3. The Bertz CT molecular complexity index is 749. The van der Waals surface area contributed by atoms with Gasteiger partial charge in [-0.05, 0) is 42.7 Å². The molecule has 2 aromatic carbocycles. The van der Waals surface area contributed by atoms with Gasteiger partial charge >= 0.3 is 6.03 Å². The molecule has 2 rings (SSSR count). The fourth-order valence-corrected chi connectivity index (χ4v) is 2.85. The van der Waals surface area contributed by atoms with Gasteiger partial charge in [-0.15, -0.1) is 0 Å². The van der Waals surface area contributed by atoms with Crippen LogP contribution in [-0.4, -0.2) is 45.3 Å². The molecule has 0 aromatic heterocycles. The monoisotopic (exact) mass is 372 g/mol. The first kappa shape index (κ1) is 20.4. The van der Waals surface area contributed by atoms with Gasteiger partial charge in [-0.2, -0.15) is 0 Å². The third-order valence-corrected chi connectivity index (χ3v) is 4.35. The van der Waals surface area contributed by atoms with Crippen LogP contribution in [0.2, 0.25) is 0 Å². The third-order valence-electron chi connectivity index (χ3n) is 4.35. The molecule has 0 atom stereocenters. The van der Waals surface area contributed by atoms with Gasteiger partial charge in [-0.3, -0.25) is 0 Å². The number of urea groups is 1. The van der Waals surface area contributed by atoms with Crippen molar-refractivity contribution < 1.29 is 19.0 Å². The summed E-state index contributed by atoms with van der Waals surface area (Å²) in [6.45, 7) is 3.61. The summed E-state index contributed by atoms with van der Waals surface area (Å²) in [5.41, 5.74) is 2.05. The van der Waals surface area contributed by atoms with Crippen molar-refractivity contribution in [2.45, 2.75) is 19.9 Å². The van der Waals surface area contributed by atoms with Crippen molar-refractivity contribution in [1.82, 2.24) is 10.2 Å². The Hall–Kier alpha value is -2.89. The van der Waals surface area contributed by atoms with Gasteiger partial charge in [-0.25, -0.2) is 4.79 Å². The largest absolute Gasteiger partial charge is 0.496 e. The average molecular weight is 372 g/mol. The van der Waals surface area contributed by atoms with Crippen molar-refractivity contribution in [1.29, 1.82) is 0 Å². The van der Waals surface area contributed by atoms with Crippen LogP contribution >= 0.6 is 0 Å². The van der Waals surface area contributed by atoms with E-state index in [4.69, 9.17) is 14.2 Å². The molecule has 1 N–H and O–H groups in total. The molecule has 0 saturated heterocycles. The summed E-state index contributed by atoms with van der Waals surface area (Å²) in [5, 5.41) is 2.98. The van der Waals surface area contributed by atoms with E-state index in [1.54, 1.807) is 26.2 Å². The second kappa shape index (κ2) is 10.3. The summed E-state index contributed by atoms with van der Waals surface area (Å²) in [5.74, 6) is 2.16. The van der Waals surface area contributed by atoms with Gasteiger partial charge < -0.3 is 24.4 Å². The first-order valence-electron chi connectivity index (χ1n) is 8.98. The molecule has 146 valence electrons. The molecular weight excluding hydrogens is 344 g/mol. The molecule has 0 saturated carbocycles. The van der Waals surface area contributed by atoms with Crippen molar-refractivity contribution in [3.63, 3.8) is 0 Å². The maximum atomic E-state index is 12.5. The number of nitrogens with one attached hydrogen (secondary N) is 1. The number of para-hydroxylation sites is 1. The maximum absolute atomic E-state index is 12.5. The Kier molecular flexibility index (Phi) is 7.79. The first-order valence-corrected chi connectivity index (χ1v) is 8.98. The van der Waals surface area contributed by atoms with Crippen LogP contribution in [0.1, 0.15) is 18.1 Å². The number of amides is 2. The summed E-state index contributed by atoms with van der Waals surface area (Å²) in [4.78, 5) is 14.3. The van der Waals surface area contributed by atoms with Crippen LogP contribution in [0.25, 0.3) is 0 Å². The van der Waals surface area contributed by atoms with E-state index in [2.05, 4.69) is 5.32 Å². The Labute approximate surface area is 161 Å². The molecule has 0 aliphatic heterocycles. The molecule has 2 amide bonds. The van der Waals surface area contributed by atoms with Gasteiger partial charge in [0, 0.05) is 19.6 Å². The molecule has 6 nitrogen and oxygen atoms in total. The molecule has 2 aromatic rings. The van der Waals surface area contributed by atoms with Crippen LogP contribution in [-0.2, 0) is 13.0 Å². The molecule has 0 aliphatic carbocycles. The second-order valence-electron chi connectivity index (χ2n) is 6.00. The molecule has 27 heavy (non-hydrogen) atoms. The molecule has 0 heterocycles. The minimum absolute atomic E-state index is 0.0952. The van der Waals surface area contributed by atoms with E-state index in [1.165, 1.54) is 0 Å². The minimum Gasteiger partial charge on any atom is -0.496 e. The number of benzene rings is 2. The Morgan fingerprint density at radius 1 is 0.963 bits per heavy atom. The van der Waals surface area contributed by atoms with E-state index in [-0.39, 0.29) is 6.03 Å². The van der Waals surface area contributed by atoms with Crippen LogP contribution < -0.4 is 19.5 Å². The van der Waals surface area contributed by atoms with Gasteiger partial charge in [0.2, 0.25) is 0 Å². The van der Waals surface area contributed by atoms with Gasteiger partial charge in [0.15, 0.2) is 11.5 Å². The number of hydrogen-bond acceptors (Lipinski definition) is 4.